The molecule has 0 unspecified atom stereocenters. The fraction of sp³-hybridized carbons (Fsp3) is 0. The standard InChI is InChI=1S/2CH3.2K.H2O/h2*1H3;;;1H2/q2*-1;2*+1;/p-1. The topological polar surface area (TPSA) is 30.0 Å². The van der Waals surface area contributed by atoms with Crippen molar-refractivity contribution in [3.05, 3.63) is 14.9 Å². The fourth-order valence-corrected chi connectivity index (χ4v) is 0. The van der Waals surface area contributed by atoms with Gasteiger partial charge in [0.15, 0.2) is 0 Å². The van der Waals surface area contributed by atoms with Gasteiger partial charge in [-0.1, -0.05) is 0 Å². The molecule has 0 spiro atoms. The molecule has 0 aliphatic carbocycles. The first kappa shape index (κ1) is 41.2. The third-order valence-corrected chi connectivity index (χ3v) is 0. The second-order valence-electron chi connectivity index (χ2n) is 0. The number of hydrogen-bond donors (Lipinski definition) is 0. The van der Waals surface area contributed by atoms with Crippen molar-refractivity contribution >= 4 is 0 Å². The van der Waals surface area contributed by atoms with E-state index < -0.39 is 0 Å². The first-order valence-corrected chi connectivity index (χ1v) is 0. The zero-order valence-corrected chi connectivity index (χ0v) is 10.7. The van der Waals surface area contributed by atoms with Crippen LogP contribution in [0.15, 0.2) is 0 Å². The van der Waals surface area contributed by atoms with Crippen LogP contribution < -0.4 is 103 Å². The zero-order chi connectivity index (χ0) is 0. The van der Waals surface area contributed by atoms with Gasteiger partial charge in [-0.15, -0.1) is 0 Å². The SMILES string of the molecule is [CH3-].[CH3-].[K+].[K+].[OH-]. The van der Waals surface area contributed by atoms with Crippen molar-refractivity contribution in [3.8, 4) is 0 Å². The van der Waals surface area contributed by atoms with Crippen LogP contribution >= 0.6 is 0 Å². The fourth-order valence-electron chi connectivity index (χ4n) is 0. The molecule has 0 aliphatic heterocycles. The van der Waals surface area contributed by atoms with Gasteiger partial charge in [0, 0.05) is 0 Å². The summed E-state index contributed by atoms with van der Waals surface area (Å²) in [4.78, 5) is 0. The van der Waals surface area contributed by atoms with Gasteiger partial charge in [-0.3, -0.25) is 0 Å². The largest absolute Gasteiger partial charge is 1.00 e. The van der Waals surface area contributed by atoms with Crippen LogP contribution in [0, 0.1) is 14.9 Å². The summed E-state index contributed by atoms with van der Waals surface area (Å²) in [6.07, 6.45) is 0. The van der Waals surface area contributed by atoms with Gasteiger partial charge in [-0.05, 0) is 0 Å². The second kappa shape index (κ2) is 26.9. The van der Waals surface area contributed by atoms with Crippen LogP contribution in [0.5, 0.6) is 0 Å². The van der Waals surface area contributed by atoms with Crippen molar-refractivity contribution in [2.24, 2.45) is 0 Å². The van der Waals surface area contributed by atoms with Gasteiger partial charge in [0.25, 0.3) is 0 Å². The Balaban J connectivity index is 0. The maximum absolute atomic E-state index is 0. The Kier molecular flexibility index (Phi) is 222. The van der Waals surface area contributed by atoms with Gasteiger partial charge in [0.1, 0.15) is 0 Å². The van der Waals surface area contributed by atoms with Crippen LogP contribution in [0.3, 0.4) is 0 Å². The monoisotopic (exact) mass is 125 g/mol. The molecule has 1 N–H and O–H groups in total. The van der Waals surface area contributed by atoms with Crippen LogP contribution in [-0.4, -0.2) is 5.48 Å². The molecule has 0 atom stereocenters. The van der Waals surface area contributed by atoms with E-state index in [1.165, 1.54) is 0 Å². The van der Waals surface area contributed by atoms with Crippen LogP contribution in [-0.2, 0) is 0 Å². The molecule has 3 heteroatoms. The Bertz CT molecular complexity index is 7.61. The molecule has 0 aromatic heterocycles. The minimum atomic E-state index is 0. The average molecular weight is 125 g/mol. The van der Waals surface area contributed by atoms with Crippen molar-refractivity contribution in [2.75, 3.05) is 0 Å². The van der Waals surface area contributed by atoms with E-state index in [0.717, 1.165) is 0 Å². The van der Waals surface area contributed by atoms with Crippen LogP contribution in [0.1, 0.15) is 0 Å². The maximum Gasteiger partial charge on any atom is 1.00 e. The Labute approximate surface area is 119 Å². The van der Waals surface area contributed by atoms with E-state index in [4.69, 9.17) is 0 Å². The Hall–Kier alpha value is 3.23. The van der Waals surface area contributed by atoms with E-state index in [1.54, 1.807) is 0 Å². The normalized spacial score (nSPS) is 0. The summed E-state index contributed by atoms with van der Waals surface area (Å²) >= 11 is 0. The van der Waals surface area contributed by atoms with E-state index in [2.05, 4.69) is 0 Å². The summed E-state index contributed by atoms with van der Waals surface area (Å²) in [5.41, 5.74) is 0. The molecule has 0 aliphatic rings. The molecular formula is C2H7K2O-. The predicted octanol–water partition coefficient (Wildman–Crippen LogP) is -5.27. The first-order valence-electron chi connectivity index (χ1n) is 0. The summed E-state index contributed by atoms with van der Waals surface area (Å²) in [6.45, 7) is 0. The first-order chi connectivity index (χ1) is 0. The minimum absolute atomic E-state index is 0. The summed E-state index contributed by atoms with van der Waals surface area (Å²) in [7, 11) is 0. The molecule has 0 amide bonds. The van der Waals surface area contributed by atoms with Gasteiger partial charge in [0.2, 0.25) is 0 Å². The molecule has 24 valence electrons. The summed E-state index contributed by atoms with van der Waals surface area (Å²) in [5.74, 6) is 0. The van der Waals surface area contributed by atoms with Crippen molar-refractivity contribution < 1.29 is 108 Å². The van der Waals surface area contributed by atoms with Crippen molar-refractivity contribution in [2.45, 2.75) is 0 Å². The summed E-state index contributed by atoms with van der Waals surface area (Å²) in [5, 5.41) is 0. The van der Waals surface area contributed by atoms with E-state index in [9.17, 15) is 0 Å². The molecule has 0 aromatic carbocycles. The van der Waals surface area contributed by atoms with Gasteiger partial charge in [0.05, 0.1) is 0 Å². The second-order valence-corrected chi connectivity index (χ2v) is 0. The van der Waals surface area contributed by atoms with E-state index in [1.807, 2.05) is 0 Å². The van der Waals surface area contributed by atoms with Crippen molar-refractivity contribution in [3.63, 3.8) is 0 Å². The third-order valence-electron chi connectivity index (χ3n) is 0. The molecule has 1 nitrogen and oxygen atoms in total. The third kappa shape index (κ3) is 19.0. The van der Waals surface area contributed by atoms with E-state index in [-0.39, 0.29) is 123 Å². The van der Waals surface area contributed by atoms with E-state index in [0.29, 0.717) is 0 Å². The Morgan fingerprint density at radius 1 is 0.600 bits per heavy atom. The van der Waals surface area contributed by atoms with Gasteiger partial charge >= 0.3 is 103 Å². The summed E-state index contributed by atoms with van der Waals surface area (Å²) in [6, 6.07) is 0. The molecule has 0 fully saturated rings. The smallest absolute Gasteiger partial charge is 0.870 e. The van der Waals surface area contributed by atoms with Gasteiger partial charge in [-0.25, -0.2) is 0 Å². The molecule has 0 bridgehead atoms. The zero-order valence-electron chi connectivity index (χ0n) is 4.45. The van der Waals surface area contributed by atoms with Crippen molar-refractivity contribution in [1.29, 1.82) is 0 Å². The molecular weight excluding hydrogens is 118 g/mol. The minimum Gasteiger partial charge on any atom is -0.870 e. The maximum atomic E-state index is 0. The molecule has 0 rings (SSSR count). The molecule has 0 heterocycles. The van der Waals surface area contributed by atoms with Crippen LogP contribution in [0.4, 0.5) is 0 Å². The van der Waals surface area contributed by atoms with Gasteiger partial charge in [-0.2, -0.15) is 0 Å². The van der Waals surface area contributed by atoms with Crippen molar-refractivity contribution in [1.82, 2.24) is 0 Å². The summed E-state index contributed by atoms with van der Waals surface area (Å²) < 4.78 is 0. The molecule has 0 radical (unpaired) electrons. The average Bonchev–Trinajstić information content (AvgIpc) is 0. The number of hydrogen-bond acceptors (Lipinski definition) is 1. The quantitative estimate of drug-likeness (QED) is 0.235. The number of rotatable bonds is 0. The van der Waals surface area contributed by atoms with Crippen LogP contribution in [0.25, 0.3) is 0 Å². The molecule has 5 heavy (non-hydrogen) atoms. The Morgan fingerprint density at radius 2 is 0.600 bits per heavy atom. The molecule has 0 saturated carbocycles. The molecule has 0 aromatic rings. The van der Waals surface area contributed by atoms with Crippen LogP contribution in [0.2, 0.25) is 0 Å². The van der Waals surface area contributed by atoms with E-state index >= 15 is 0 Å². The molecule has 0 saturated heterocycles. The van der Waals surface area contributed by atoms with Gasteiger partial charge < -0.3 is 20.3 Å². The predicted molar refractivity (Wildman–Crippen MR) is 14.8 cm³/mol. The Morgan fingerprint density at radius 3 is 0.600 bits per heavy atom.